The van der Waals surface area contributed by atoms with Crippen LogP contribution in [-0.2, 0) is 16.0 Å². The van der Waals surface area contributed by atoms with Crippen molar-refractivity contribution in [1.29, 1.82) is 0 Å². The predicted molar refractivity (Wildman–Crippen MR) is 111 cm³/mol. The molecule has 0 heterocycles. The summed E-state index contributed by atoms with van der Waals surface area (Å²) in [6, 6.07) is 16.4. The molecule has 6 heteroatoms. The highest BCUT2D eigenvalue weighted by Crippen LogP contribution is 2.09. The molecule has 0 fully saturated rings. The van der Waals surface area contributed by atoms with Crippen molar-refractivity contribution in [3.05, 3.63) is 71.8 Å². The molecule has 154 valence electrons. The van der Waals surface area contributed by atoms with Gasteiger partial charge in [0.25, 0.3) is 5.91 Å². The minimum absolute atomic E-state index is 0.109. The number of carboxylic acids is 1. The summed E-state index contributed by atoms with van der Waals surface area (Å²) in [5, 5.41) is 14.8. The summed E-state index contributed by atoms with van der Waals surface area (Å²) >= 11 is 0. The van der Waals surface area contributed by atoms with E-state index in [4.69, 9.17) is 0 Å². The minimum Gasteiger partial charge on any atom is -0.480 e. The van der Waals surface area contributed by atoms with E-state index < -0.39 is 24.0 Å². The van der Waals surface area contributed by atoms with Crippen LogP contribution in [0.3, 0.4) is 0 Å². The van der Waals surface area contributed by atoms with E-state index in [0.717, 1.165) is 5.56 Å². The van der Waals surface area contributed by atoms with Crippen LogP contribution >= 0.6 is 0 Å². The summed E-state index contributed by atoms with van der Waals surface area (Å²) in [5.74, 6) is -1.82. The minimum atomic E-state index is -1.08. The van der Waals surface area contributed by atoms with Crippen LogP contribution in [0.25, 0.3) is 0 Å². The van der Waals surface area contributed by atoms with Crippen molar-refractivity contribution in [1.82, 2.24) is 10.6 Å². The van der Waals surface area contributed by atoms with Gasteiger partial charge >= 0.3 is 5.97 Å². The number of carboxylic acid groups (broad SMARTS) is 1. The number of amides is 2. The molecule has 0 radical (unpaired) electrons. The molecular formula is C23H28N2O4. The fraction of sp³-hybridized carbons (Fsp3) is 0.348. The highest BCUT2D eigenvalue weighted by Gasteiger charge is 2.27. The molecule has 0 saturated heterocycles. The average Bonchev–Trinajstić information content (AvgIpc) is 2.71. The van der Waals surface area contributed by atoms with Crippen LogP contribution < -0.4 is 10.6 Å². The van der Waals surface area contributed by atoms with Crippen molar-refractivity contribution in [2.75, 3.05) is 0 Å². The van der Waals surface area contributed by atoms with Crippen molar-refractivity contribution in [2.45, 2.75) is 45.2 Å². The number of aliphatic carboxylic acids is 1. The molecule has 0 aliphatic rings. The summed E-state index contributed by atoms with van der Waals surface area (Å²) in [5.41, 5.74) is 1.48. The lowest BCUT2D eigenvalue weighted by atomic mass is 10.0. The number of hydrogen-bond acceptors (Lipinski definition) is 3. The second-order valence-electron chi connectivity index (χ2n) is 7.45. The van der Waals surface area contributed by atoms with Crippen LogP contribution in [0.15, 0.2) is 60.7 Å². The molecule has 0 aromatic heterocycles. The maximum atomic E-state index is 12.8. The van der Waals surface area contributed by atoms with E-state index in [9.17, 15) is 19.5 Å². The largest absolute Gasteiger partial charge is 0.480 e. The van der Waals surface area contributed by atoms with E-state index in [1.807, 2.05) is 44.2 Å². The Labute approximate surface area is 171 Å². The summed E-state index contributed by atoms with van der Waals surface area (Å²) in [6.07, 6.45) is 1.26. The molecule has 0 aliphatic heterocycles. The van der Waals surface area contributed by atoms with Crippen LogP contribution in [0.5, 0.6) is 0 Å². The molecule has 0 saturated carbocycles. The molecule has 0 spiro atoms. The lowest BCUT2D eigenvalue weighted by Crippen LogP contribution is -2.52. The lowest BCUT2D eigenvalue weighted by Gasteiger charge is -2.22. The molecule has 3 N–H and O–H groups in total. The van der Waals surface area contributed by atoms with E-state index >= 15 is 0 Å². The van der Waals surface area contributed by atoms with Gasteiger partial charge in [0, 0.05) is 5.56 Å². The van der Waals surface area contributed by atoms with Gasteiger partial charge in [0.05, 0.1) is 0 Å². The topological polar surface area (TPSA) is 95.5 Å². The Morgan fingerprint density at radius 2 is 1.45 bits per heavy atom. The zero-order valence-electron chi connectivity index (χ0n) is 16.8. The van der Waals surface area contributed by atoms with Gasteiger partial charge in [0.15, 0.2) is 0 Å². The van der Waals surface area contributed by atoms with E-state index in [0.29, 0.717) is 24.8 Å². The molecule has 2 aromatic rings. The second kappa shape index (κ2) is 11.0. The number of nitrogens with one attached hydrogen (secondary N) is 2. The van der Waals surface area contributed by atoms with E-state index in [1.165, 1.54) is 0 Å². The van der Waals surface area contributed by atoms with Crippen molar-refractivity contribution in [2.24, 2.45) is 5.92 Å². The monoisotopic (exact) mass is 396 g/mol. The lowest BCUT2D eigenvalue weighted by molar-refractivity contribution is -0.142. The Hall–Kier alpha value is -3.15. The van der Waals surface area contributed by atoms with Gasteiger partial charge < -0.3 is 15.7 Å². The summed E-state index contributed by atoms with van der Waals surface area (Å²) < 4.78 is 0. The predicted octanol–water partition coefficient (Wildman–Crippen LogP) is 3.03. The van der Waals surface area contributed by atoms with Crippen molar-refractivity contribution < 1.29 is 19.5 Å². The third kappa shape index (κ3) is 7.41. The highest BCUT2D eigenvalue weighted by molar-refractivity contribution is 5.98. The van der Waals surface area contributed by atoms with Gasteiger partial charge in [-0.05, 0) is 42.9 Å². The van der Waals surface area contributed by atoms with Crippen LogP contribution in [0.2, 0.25) is 0 Å². The van der Waals surface area contributed by atoms with Gasteiger partial charge in [0.1, 0.15) is 12.1 Å². The summed E-state index contributed by atoms with van der Waals surface area (Å²) in [4.78, 5) is 36.9. The van der Waals surface area contributed by atoms with Gasteiger partial charge in [-0.1, -0.05) is 62.4 Å². The normalized spacial score (nSPS) is 12.8. The molecule has 0 aliphatic carbocycles. The van der Waals surface area contributed by atoms with E-state index in [2.05, 4.69) is 10.6 Å². The highest BCUT2D eigenvalue weighted by atomic mass is 16.4. The van der Waals surface area contributed by atoms with Crippen LogP contribution in [0.4, 0.5) is 0 Å². The van der Waals surface area contributed by atoms with Crippen LogP contribution in [0.1, 0.15) is 42.6 Å². The summed E-state index contributed by atoms with van der Waals surface area (Å²) in [6.45, 7) is 3.79. The third-order valence-electron chi connectivity index (χ3n) is 4.54. The first-order valence-corrected chi connectivity index (χ1v) is 9.80. The third-order valence-corrected chi connectivity index (χ3v) is 4.54. The van der Waals surface area contributed by atoms with Crippen LogP contribution in [-0.4, -0.2) is 35.0 Å². The molecule has 6 nitrogen and oxygen atoms in total. The van der Waals surface area contributed by atoms with Gasteiger partial charge in [-0.25, -0.2) is 4.79 Å². The first-order valence-electron chi connectivity index (χ1n) is 9.80. The first kappa shape index (κ1) is 22.1. The standard InChI is InChI=1S/C23H28N2O4/c1-16(2)15-20(23(28)29)25-22(27)19(14-13-17-9-5-3-6-10-17)24-21(26)18-11-7-4-8-12-18/h3-12,16,19-20H,13-15H2,1-2H3,(H,24,26)(H,25,27)(H,28,29)/t19-,20-/m0/s1. The van der Waals surface area contributed by atoms with E-state index in [-0.39, 0.29) is 11.8 Å². The molecular weight excluding hydrogens is 368 g/mol. The van der Waals surface area contributed by atoms with Crippen molar-refractivity contribution >= 4 is 17.8 Å². The average molecular weight is 396 g/mol. The zero-order chi connectivity index (χ0) is 21.2. The fourth-order valence-electron chi connectivity index (χ4n) is 3.02. The molecule has 2 atom stereocenters. The molecule has 2 rings (SSSR count). The number of carbonyl (C=O) groups is 3. The Morgan fingerprint density at radius 3 is 2.00 bits per heavy atom. The Balaban J connectivity index is 2.12. The summed E-state index contributed by atoms with van der Waals surface area (Å²) in [7, 11) is 0. The number of hydrogen-bond donors (Lipinski definition) is 3. The molecule has 29 heavy (non-hydrogen) atoms. The Morgan fingerprint density at radius 1 is 0.862 bits per heavy atom. The number of rotatable bonds is 10. The van der Waals surface area contributed by atoms with Crippen molar-refractivity contribution in [3.63, 3.8) is 0 Å². The molecule has 0 bridgehead atoms. The first-order chi connectivity index (χ1) is 13.9. The zero-order valence-corrected chi connectivity index (χ0v) is 16.8. The molecule has 2 aromatic carbocycles. The van der Waals surface area contributed by atoms with Crippen molar-refractivity contribution in [3.8, 4) is 0 Å². The molecule has 2 amide bonds. The van der Waals surface area contributed by atoms with Gasteiger partial charge in [-0.2, -0.15) is 0 Å². The van der Waals surface area contributed by atoms with Crippen LogP contribution in [0, 0.1) is 5.92 Å². The maximum Gasteiger partial charge on any atom is 0.326 e. The van der Waals surface area contributed by atoms with Gasteiger partial charge in [0.2, 0.25) is 5.91 Å². The Kier molecular flexibility index (Phi) is 8.40. The van der Waals surface area contributed by atoms with Gasteiger partial charge in [-0.15, -0.1) is 0 Å². The van der Waals surface area contributed by atoms with E-state index in [1.54, 1.807) is 30.3 Å². The Bertz CT molecular complexity index is 806. The SMILES string of the molecule is CC(C)C[C@H](NC(=O)[C@H](CCc1ccccc1)NC(=O)c1ccccc1)C(=O)O. The number of benzene rings is 2. The fourth-order valence-corrected chi connectivity index (χ4v) is 3.02. The second-order valence-corrected chi connectivity index (χ2v) is 7.45. The smallest absolute Gasteiger partial charge is 0.326 e. The number of carbonyl (C=O) groups excluding carboxylic acids is 2. The molecule has 0 unspecified atom stereocenters. The maximum absolute atomic E-state index is 12.8. The van der Waals surface area contributed by atoms with Gasteiger partial charge in [-0.3, -0.25) is 9.59 Å². The quantitative estimate of drug-likeness (QED) is 0.575. The number of aryl methyl sites for hydroxylation is 1.